The molecule has 0 fully saturated rings. The van der Waals surface area contributed by atoms with Crippen molar-refractivity contribution in [3.05, 3.63) is 0 Å². The Morgan fingerprint density at radius 1 is 0.933 bits per heavy atom. The van der Waals surface area contributed by atoms with Crippen LogP contribution in [0.5, 0.6) is 0 Å². The lowest BCUT2D eigenvalue weighted by atomic mass is 10.4. The van der Waals surface area contributed by atoms with Crippen LogP contribution in [-0.4, -0.2) is 25.8 Å². The van der Waals surface area contributed by atoms with Crippen LogP contribution in [0.15, 0.2) is 0 Å². The summed E-state index contributed by atoms with van der Waals surface area (Å²) in [7, 11) is -1.85. The molecule has 0 bridgehead atoms. The van der Waals surface area contributed by atoms with Gasteiger partial charge in [0.15, 0.2) is 0 Å². The van der Waals surface area contributed by atoms with E-state index in [-0.39, 0.29) is 0 Å². The van der Waals surface area contributed by atoms with E-state index in [1.54, 1.807) is 0 Å². The van der Waals surface area contributed by atoms with E-state index in [1.165, 1.54) is 12.8 Å². The number of hydrogen-bond donors (Lipinski definition) is 0. The van der Waals surface area contributed by atoms with Crippen molar-refractivity contribution in [1.82, 2.24) is 0 Å². The molecule has 0 saturated heterocycles. The lowest BCUT2D eigenvalue weighted by Crippen LogP contribution is -2.45. The maximum Gasteiger partial charge on any atom is 0.348 e. The summed E-state index contributed by atoms with van der Waals surface area (Å²) >= 11 is 2.43. The van der Waals surface area contributed by atoms with Crippen molar-refractivity contribution in [1.29, 1.82) is 0 Å². The third-order valence-electron chi connectivity index (χ3n) is 2.25. The van der Waals surface area contributed by atoms with Crippen molar-refractivity contribution in [2.75, 3.05) is 17.3 Å². The minimum atomic E-state index is -1.85. The molecule has 15 heavy (non-hydrogen) atoms. The van der Waals surface area contributed by atoms with Gasteiger partial charge in [-0.3, -0.25) is 0 Å². The number of hydrogen-bond acceptors (Lipinski definition) is 2. The third kappa shape index (κ3) is 6.91. The molecule has 0 amide bonds. The van der Waals surface area contributed by atoms with E-state index in [9.17, 15) is 0 Å². The SMILES string of the molecule is CCCC[Si](CI)(OCCC)OCCC. The molecule has 92 valence electrons. The van der Waals surface area contributed by atoms with E-state index in [1.807, 2.05) is 0 Å². The second-order valence-corrected chi connectivity index (χ2v) is 9.30. The van der Waals surface area contributed by atoms with Gasteiger partial charge in [-0.2, -0.15) is 0 Å². The van der Waals surface area contributed by atoms with Gasteiger partial charge in [-0.05, 0) is 18.9 Å². The summed E-state index contributed by atoms with van der Waals surface area (Å²) in [4.78, 5) is 0. The largest absolute Gasteiger partial charge is 0.394 e. The van der Waals surface area contributed by atoms with Crippen molar-refractivity contribution >= 4 is 31.2 Å². The van der Waals surface area contributed by atoms with Gasteiger partial charge in [0.25, 0.3) is 0 Å². The molecule has 0 aliphatic carbocycles. The molecule has 0 saturated carbocycles. The normalized spacial score (nSPS) is 12.0. The Bertz CT molecular complexity index is 123. The molecule has 0 aromatic heterocycles. The first-order chi connectivity index (χ1) is 7.24. The van der Waals surface area contributed by atoms with Gasteiger partial charge in [-0.15, -0.1) is 0 Å². The number of alkyl halides is 1. The van der Waals surface area contributed by atoms with E-state index >= 15 is 0 Å². The molecular weight excluding hydrogens is 319 g/mol. The Morgan fingerprint density at radius 2 is 1.47 bits per heavy atom. The van der Waals surface area contributed by atoms with E-state index in [4.69, 9.17) is 8.85 Å². The highest BCUT2D eigenvalue weighted by Gasteiger charge is 2.35. The summed E-state index contributed by atoms with van der Waals surface area (Å²) in [5, 5.41) is 0. The molecule has 0 heterocycles. The lowest BCUT2D eigenvalue weighted by molar-refractivity contribution is 0.172. The minimum absolute atomic E-state index is 0.864. The predicted octanol–water partition coefficient (Wildman–Crippen LogP) is 4.06. The summed E-state index contributed by atoms with van der Waals surface area (Å²) in [6.45, 7) is 8.27. The number of halogens is 1. The van der Waals surface area contributed by atoms with Crippen LogP contribution in [0.4, 0.5) is 0 Å². The topological polar surface area (TPSA) is 18.5 Å². The van der Waals surface area contributed by atoms with Gasteiger partial charge in [-0.25, -0.2) is 0 Å². The van der Waals surface area contributed by atoms with Gasteiger partial charge in [0.05, 0.1) is 0 Å². The minimum Gasteiger partial charge on any atom is -0.394 e. The molecule has 0 unspecified atom stereocenters. The van der Waals surface area contributed by atoms with Gasteiger partial charge in [0.2, 0.25) is 0 Å². The standard InChI is InChI=1S/C11H25IO2Si/c1-4-7-10-15(11-12,13-8-5-2)14-9-6-3/h4-11H2,1-3H3. The van der Waals surface area contributed by atoms with Gasteiger partial charge in [0.1, 0.15) is 0 Å². The maximum absolute atomic E-state index is 6.04. The first-order valence-corrected chi connectivity index (χ1v) is 9.84. The van der Waals surface area contributed by atoms with Crippen molar-refractivity contribution in [2.45, 2.75) is 52.5 Å². The van der Waals surface area contributed by atoms with Gasteiger partial charge < -0.3 is 8.85 Å². The molecule has 0 aliphatic rings. The molecule has 0 aromatic rings. The maximum atomic E-state index is 6.04. The Balaban J connectivity index is 4.16. The summed E-state index contributed by atoms with van der Waals surface area (Å²) < 4.78 is 13.1. The average molecular weight is 344 g/mol. The zero-order chi connectivity index (χ0) is 11.6. The molecule has 0 aromatic carbocycles. The molecule has 0 radical (unpaired) electrons. The molecule has 0 aliphatic heterocycles. The number of rotatable bonds is 10. The molecule has 0 spiro atoms. The lowest BCUT2D eigenvalue weighted by Gasteiger charge is -2.29. The molecule has 0 N–H and O–H groups in total. The second-order valence-electron chi connectivity index (χ2n) is 3.84. The number of unbranched alkanes of at least 4 members (excludes halogenated alkanes) is 1. The predicted molar refractivity (Wildman–Crippen MR) is 76.8 cm³/mol. The fourth-order valence-electron chi connectivity index (χ4n) is 1.35. The van der Waals surface area contributed by atoms with Crippen LogP contribution in [0, 0.1) is 0 Å². The van der Waals surface area contributed by atoms with Crippen molar-refractivity contribution in [3.8, 4) is 0 Å². The highest BCUT2D eigenvalue weighted by atomic mass is 127. The van der Waals surface area contributed by atoms with E-state index < -0.39 is 8.56 Å². The zero-order valence-electron chi connectivity index (χ0n) is 10.4. The van der Waals surface area contributed by atoms with E-state index in [0.717, 1.165) is 36.2 Å². The quantitative estimate of drug-likeness (QED) is 0.338. The summed E-state index contributed by atoms with van der Waals surface area (Å²) in [6, 6.07) is 1.16. The van der Waals surface area contributed by atoms with Crippen LogP contribution in [-0.2, 0) is 8.85 Å². The van der Waals surface area contributed by atoms with Crippen LogP contribution < -0.4 is 0 Å². The smallest absolute Gasteiger partial charge is 0.348 e. The molecule has 4 heteroatoms. The second kappa shape index (κ2) is 10.0. The Kier molecular flexibility index (Phi) is 10.6. The highest BCUT2D eigenvalue weighted by molar-refractivity contribution is 14.1. The van der Waals surface area contributed by atoms with E-state index in [2.05, 4.69) is 43.4 Å². The van der Waals surface area contributed by atoms with Crippen molar-refractivity contribution in [2.24, 2.45) is 0 Å². The van der Waals surface area contributed by atoms with Crippen LogP contribution >= 0.6 is 22.6 Å². The molecule has 0 atom stereocenters. The molecular formula is C11H25IO2Si. The Morgan fingerprint density at radius 3 is 1.80 bits per heavy atom. The van der Waals surface area contributed by atoms with Gasteiger partial charge in [0, 0.05) is 17.3 Å². The van der Waals surface area contributed by atoms with Crippen LogP contribution in [0.2, 0.25) is 6.04 Å². The summed E-state index contributed by atoms with van der Waals surface area (Å²) in [6.07, 6.45) is 4.65. The third-order valence-corrected chi connectivity index (χ3v) is 8.72. The van der Waals surface area contributed by atoms with Crippen molar-refractivity contribution in [3.63, 3.8) is 0 Å². The van der Waals surface area contributed by atoms with Crippen LogP contribution in [0.3, 0.4) is 0 Å². The zero-order valence-corrected chi connectivity index (χ0v) is 13.5. The van der Waals surface area contributed by atoms with Gasteiger partial charge >= 0.3 is 8.56 Å². The Hall–Kier alpha value is 0.867. The first-order valence-electron chi connectivity index (χ1n) is 6.08. The summed E-state index contributed by atoms with van der Waals surface area (Å²) in [5.41, 5.74) is 0. The molecule has 2 nitrogen and oxygen atoms in total. The summed E-state index contributed by atoms with van der Waals surface area (Å²) in [5.74, 6) is 0. The van der Waals surface area contributed by atoms with E-state index in [0.29, 0.717) is 0 Å². The Labute approximate surface area is 110 Å². The van der Waals surface area contributed by atoms with Gasteiger partial charge in [-0.1, -0.05) is 56.2 Å². The first kappa shape index (κ1) is 15.9. The fourth-order valence-corrected chi connectivity index (χ4v) is 6.52. The monoisotopic (exact) mass is 344 g/mol. The average Bonchev–Trinajstić information content (AvgIpc) is 2.29. The fraction of sp³-hybridized carbons (Fsp3) is 1.00. The highest BCUT2D eigenvalue weighted by Crippen LogP contribution is 2.20. The van der Waals surface area contributed by atoms with Crippen molar-refractivity contribution < 1.29 is 8.85 Å². The van der Waals surface area contributed by atoms with Crippen LogP contribution in [0.25, 0.3) is 0 Å². The van der Waals surface area contributed by atoms with Crippen LogP contribution in [0.1, 0.15) is 46.5 Å². The molecule has 0 rings (SSSR count).